The number of carbonyl (C=O) groups is 1. The van der Waals surface area contributed by atoms with E-state index in [1.165, 1.54) is 11.3 Å². The minimum atomic E-state index is -0.0574. The first-order valence-corrected chi connectivity index (χ1v) is 9.08. The van der Waals surface area contributed by atoms with E-state index < -0.39 is 0 Å². The predicted octanol–water partition coefficient (Wildman–Crippen LogP) is 2.13. The van der Waals surface area contributed by atoms with Gasteiger partial charge in [0.1, 0.15) is 11.8 Å². The molecule has 1 aliphatic heterocycles. The minimum Gasteiger partial charge on any atom is -0.372 e. The van der Waals surface area contributed by atoms with E-state index in [4.69, 9.17) is 9.47 Å². The minimum absolute atomic E-state index is 0.00228. The van der Waals surface area contributed by atoms with Crippen LogP contribution in [0.25, 0.3) is 0 Å². The lowest BCUT2D eigenvalue weighted by molar-refractivity contribution is -0.108. The molecule has 1 amide bonds. The van der Waals surface area contributed by atoms with Crippen LogP contribution in [0.1, 0.15) is 28.9 Å². The topological polar surface area (TPSA) is 64.6 Å². The highest BCUT2D eigenvalue weighted by Crippen LogP contribution is 2.33. The van der Waals surface area contributed by atoms with Crippen molar-refractivity contribution in [1.82, 2.24) is 14.9 Å². The van der Waals surface area contributed by atoms with Crippen molar-refractivity contribution in [3.05, 3.63) is 46.7 Å². The summed E-state index contributed by atoms with van der Waals surface area (Å²) in [5.41, 5.74) is 3.27. The lowest BCUT2D eigenvalue weighted by Gasteiger charge is -2.38. The molecule has 1 saturated carbocycles. The molecule has 0 spiro atoms. The number of thiazole rings is 1. The van der Waals surface area contributed by atoms with Crippen LogP contribution < -0.4 is 0 Å². The third-order valence-electron chi connectivity index (χ3n) is 4.63. The molecule has 1 aliphatic carbocycles. The van der Waals surface area contributed by atoms with Crippen LogP contribution in [-0.2, 0) is 16.1 Å². The Morgan fingerprint density at radius 1 is 1.46 bits per heavy atom. The molecule has 2 aromatic rings. The fourth-order valence-corrected chi connectivity index (χ4v) is 4.02. The molecule has 2 aliphatic rings. The molecule has 2 aromatic heterocycles. The average Bonchev–Trinajstić information content (AvgIpc) is 3.30. The molecule has 0 N–H and O–H groups in total. The van der Waals surface area contributed by atoms with Crippen LogP contribution >= 0.6 is 11.3 Å². The maximum atomic E-state index is 12.7. The van der Waals surface area contributed by atoms with E-state index in [9.17, 15) is 4.79 Å². The van der Waals surface area contributed by atoms with Crippen molar-refractivity contribution < 1.29 is 14.3 Å². The van der Waals surface area contributed by atoms with Gasteiger partial charge in [-0.25, -0.2) is 4.98 Å². The summed E-state index contributed by atoms with van der Waals surface area (Å²) in [6, 6.07) is 3.98. The van der Waals surface area contributed by atoms with Gasteiger partial charge in [0.25, 0.3) is 5.91 Å². The fraction of sp³-hybridized carbons (Fsp3) is 0.471. The van der Waals surface area contributed by atoms with Gasteiger partial charge in [-0.15, -0.1) is 11.3 Å². The van der Waals surface area contributed by atoms with Gasteiger partial charge in [0.2, 0.25) is 0 Å². The Morgan fingerprint density at radius 3 is 3.21 bits per heavy atom. The predicted molar refractivity (Wildman–Crippen MR) is 88.7 cm³/mol. The second-order valence-corrected chi connectivity index (χ2v) is 6.78. The van der Waals surface area contributed by atoms with Crippen molar-refractivity contribution in [2.75, 3.05) is 13.2 Å². The third-order valence-corrected chi connectivity index (χ3v) is 5.22. The molecule has 0 aromatic carbocycles. The van der Waals surface area contributed by atoms with Gasteiger partial charge < -0.3 is 14.4 Å². The first-order valence-electron chi connectivity index (χ1n) is 8.14. The molecule has 0 bridgehead atoms. The van der Waals surface area contributed by atoms with Gasteiger partial charge in [0.15, 0.2) is 0 Å². The zero-order chi connectivity index (χ0) is 16.4. The van der Waals surface area contributed by atoms with Crippen molar-refractivity contribution in [2.24, 2.45) is 0 Å². The van der Waals surface area contributed by atoms with Gasteiger partial charge in [0, 0.05) is 24.3 Å². The Kier molecular flexibility index (Phi) is 4.55. The summed E-state index contributed by atoms with van der Waals surface area (Å²) >= 11 is 1.44. The number of rotatable bonds is 4. The van der Waals surface area contributed by atoms with Crippen molar-refractivity contribution in [2.45, 2.75) is 37.7 Å². The number of morpholine rings is 1. The molecule has 7 heteroatoms. The largest absolute Gasteiger partial charge is 0.372 e. The second kappa shape index (κ2) is 6.96. The number of pyridine rings is 1. The smallest absolute Gasteiger partial charge is 0.273 e. The number of ether oxygens (including phenoxy) is 2. The van der Waals surface area contributed by atoms with Gasteiger partial charge in [0.05, 0.1) is 30.9 Å². The van der Waals surface area contributed by atoms with Gasteiger partial charge in [-0.3, -0.25) is 9.78 Å². The molecule has 3 atom stereocenters. The highest BCUT2D eigenvalue weighted by atomic mass is 32.1. The van der Waals surface area contributed by atoms with E-state index in [0.717, 1.165) is 18.4 Å². The van der Waals surface area contributed by atoms with Crippen LogP contribution in [0, 0.1) is 0 Å². The van der Waals surface area contributed by atoms with Gasteiger partial charge >= 0.3 is 0 Å². The van der Waals surface area contributed by atoms with Crippen molar-refractivity contribution >= 4 is 17.2 Å². The Bertz CT molecular complexity index is 680. The third kappa shape index (κ3) is 3.07. The van der Waals surface area contributed by atoms with E-state index in [0.29, 0.717) is 25.5 Å². The molecule has 2 fully saturated rings. The average molecular weight is 345 g/mol. The number of hydrogen-bond acceptors (Lipinski definition) is 6. The van der Waals surface area contributed by atoms with Crippen LogP contribution in [0.15, 0.2) is 35.4 Å². The Labute approximate surface area is 144 Å². The fourth-order valence-electron chi connectivity index (χ4n) is 3.50. The molecule has 0 unspecified atom stereocenters. The molecule has 126 valence electrons. The summed E-state index contributed by atoms with van der Waals surface area (Å²) in [6.07, 6.45) is 5.32. The van der Waals surface area contributed by atoms with Crippen LogP contribution in [0.4, 0.5) is 0 Å². The number of amides is 1. The van der Waals surface area contributed by atoms with Crippen molar-refractivity contribution in [3.8, 4) is 0 Å². The van der Waals surface area contributed by atoms with Crippen LogP contribution in [0.5, 0.6) is 0 Å². The van der Waals surface area contributed by atoms with Crippen molar-refractivity contribution in [1.29, 1.82) is 0 Å². The molecule has 3 heterocycles. The molecule has 4 rings (SSSR count). The zero-order valence-electron chi connectivity index (χ0n) is 13.2. The van der Waals surface area contributed by atoms with Crippen molar-refractivity contribution in [3.63, 3.8) is 0 Å². The van der Waals surface area contributed by atoms with Crippen LogP contribution in [0.2, 0.25) is 0 Å². The molecule has 24 heavy (non-hydrogen) atoms. The standard InChI is InChI=1S/C17H19N3O3S/c21-17(13-10-24-11-19-13)20-6-7-22-16-14(20)3-4-15(16)23-9-12-2-1-5-18-8-12/h1-2,5,8,10-11,14-16H,3-4,6-7,9H2/t14-,15-,16-/m0/s1. The monoisotopic (exact) mass is 345 g/mol. The van der Waals surface area contributed by atoms with Gasteiger partial charge in [-0.05, 0) is 24.5 Å². The lowest BCUT2D eigenvalue weighted by atomic mass is 10.1. The van der Waals surface area contributed by atoms with E-state index in [2.05, 4.69) is 9.97 Å². The first kappa shape index (κ1) is 15.7. The summed E-state index contributed by atoms with van der Waals surface area (Å²) in [5, 5.41) is 1.80. The van der Waals surface area contributed by atoms with Gasteiger partial charge in [-0.2, -0.15) is 0 Å². The maximum Gasteiger partial charge on any atom is 0.273 e. The molecule has 1 saturated heterocycles. The number of nitrogens with zero attached hydrogens (tertiary/aromatic N) is 3. The number of aromatic nitrogens is 2. The summed E-state index contributed by atoms with van der Waals surface area (Å²) in [7, 11) is 0. The molecular formula is C17H19N3O3S. The maximum absolute atomic E-state index is 12.7. The Hall–Kier alpha value is -1.83. The Morgan fingerprint density at radius 2 is 2.42 bits per heavy atom. The van der Waals surface area contributed by atoms with E-state index in [1.54, 1.807) is 17.1 Å². The van der Waals surface area contributed by atoms with E-state index in [-0.39, 0.29) is 24.2 Å². The summed E-state index contributed by atoms with van der Waals surface area (Å²) in [6.45, 7) is 1.68. The summed E-state index contributed by atoms with van der Waals surface area (Å²) in [5.74, 6) is 0.00228. The number of fused-ring (bicyclic) bond motifs is 1. The molecular weight excluding hydrogens is 326 g/mol. The summed E-state index contributed by atoms with van der Waals surface area (Å²) in [4.78, 5) is 22.8. The SMILES string of the molecule is O=C(c1cscn1)N1CCO[C@@H]2[C@@H](OCc3cccnc3)CC[C@@H]21. The summed E-state index contributed by atoms with van der Waals surface area (Å²) < 4.78 is 12.0. The number of carbonyl (C=O) groups excluding carboxylic acids is 1. The highest BCUT2D eigenvalue weighted by Gasteiger charge is 2.45. The molecule has 6 nitrogen and oxygen atoms in total. The molecule has 0 radical (unpaired) electrons. The second-order valence-electron chi connectivity index (χ2n) is 6.06. The normalized spacial score (nSPS) is 26.3. The number of hydrogen-bond donors (Lipinski definition) is 0. The van der Waals surface area contributed by atoms with Gasteiger partial charge in [-0.1, -0.05) is 6.07 Å². The van der Waals surface area contributed by atoms with Crippen LogP contribution in [0.3, 0.4) is 0 Å². The zero-order valence-corrected chi connectivity index (χ0v) is 14.0. The first-order chi connectivity index (χ1) is 11.8. The van der Waals surface area contributed by atoms with E-state index >= 15 is 0 Å². The van der Waals surface area contributed by atoms with Crippen LogP contribution in [-0.4, -0.2) is 52.2 Å². The Balaban J connectivity index is 1.42. The quantitative estimate of drug-likeness (QED) is 0.849. The highest BCUT2D eigenvalue weighted by molar-refractivity contribution is 7.07. The lowest BCUT2D eigenvalue weighted by Crippen LogP contribution is -2.53. The van der Waals surface area contributed by atoms with E-state index in [1.807, 2.05) is 23.2 Å².